The fraction of sp³-hybridized carbons (Fsp3) is 0.750. The second-order valence-electron chi connectivity index (χ2n) is 3.54. The first kappa shape index (κ1) is 6.66. The van der Waals surface area contributed by atoms with Gasteiger partial charge in [0.15, 0.2) is 5.76 Å². The first-order chi connectivity index (χ1) is 4.10. The van der Waals surface area contributed by atoms with E-state index in [-0.39, 0.29) is 0 Å². The van der Waals surface area contributed by atoms with E-state index in [1.165, 1.54) is 0 Å². The maximum absolute atomic E-state index is 10.7. The van der Waals surface area contributed by atoms with Gasteiger partial charge in [-0.05, 0) is 24.3 Å². The molecule has 0 aromatic carbocycles. The van der Waals surface area contributed by atoms with Crippen LogP contribution in [0.3, 0.4) is 0 Å². The quantitative estimate of drug-likeness (QED) is 0.474. The van der Waals surface area contributed by atoms with Gasteiger partial charge >= 0.3 is 0 Å². The van der Waals surface area contributed by atoms with Gasteiger partial charge in [-0.25, -0.2) is 0 Å². The van der Waals surface area contributed by atoms with E-state index in [1.807, 2.05) is 6.08 Å². The maximum Gasteiger partial charge on any atom is 0.151 e. The van der Waals surface area contributed by atoms with E-state index in [2.05, 4.69) is 13.8 Å². The summed E-state index contributed by atoms with van der Waals surface area (Å²) in [5, 5.41) is 10.7. The number of hydrogen-bond acceptors (Lipinski definition) is 0. The lowest BCUT2D eigenvalue weighted by atomic mass is 9.80. The highest BCUT2D eigenvalue weighted by atomic mass is 16.3. The molecule has 0 aromatic heterocycles. The van der Waals surface area contributed by atoms with Crippen LogP contribution in [0.5, 0.6) is 0 Å². The van der Waals surface area contributed by atoms with Crippen LogP contribution in [0, 0.1) is 5.41 Å². The van der Waals surface area contributed by atoms with Crippen molar-refractivity contribution in [1.29, 1.82) is 0 Å². The Hall–Kier alpha value is -0.460. The fourth-order valence-electron chi connectivity index (χ4n) is 1.06. The van der Waals surface area contributed by atoms with Crippen LogP contribution in [-0.2, 0) is 5.11 Å². The fourth-order valence-corrected chi connectivity index (χ4v) is 1.06. The van der Waals surface area contributed by atoms with Crippen LogP contribution in [-0.4, -0.2) is 0 Å². The van der Waals surface area contributed by atoms with Crippen molar-refractivity contribution in [3.05, 3.63) is 11.8 Å². The molecule has 0 saturated heterocycles. The van der Waals surface area contributed by atoms with Crippen molar-refractivity contribution < 1.29 is 5.11 Å². The van der Waals surface area contributed by atoms with Crippen LogP contribution in [0.2, 0.25) is 0 Å². The molecule has 1 heteroatoms. The van der Waals surface area contributed by atoms with E-state index in [4.69, 9.17) is 0 Å². The van der Waals surface area contributed by atoms with Crippen LogP contribution in [0.4, 0.5) is 0 Å². The molecule has 0 unspecified atom stereocenters. The Morgan fingerprint density at radius 2 is 2.22 bits per heavy atom. The summed E-state index contributed by atoms with van der Waals surface area (Å²) in [5.74, 6) is 0.328. The molecule has 0 saturated carbocycles. The Labute approximate surface area is 56.4 Å². The summed E-state index contributed by atoms with van der Waals surface area (Å²) in [6.45, 7) is 4.41. The van der Waals surface area contributed by atoms with Crippen molar-refractivity contribution in [3.8, 4) is 0 Å². The third kappa shape index (κ3) is 1.74. The Bertz CT molecular complexity index is 134. The van der Waals surface area contributed by atoms with Gasteiger partial charge in [-0.1, -0.05) is 13.8 Å². The third-order valence-electron chi connectivity index (χ3n) is 1.93. The molecule has 0 atom stereocenters. The van der Waals surface area contributed by atoms with E-state index in [1.54, 1.807) is 0 Å². The molecule has 0 fully saturated rings. The summed E-state index contributed by atoms with van der Waals surface area (Å²) >= 11 is 0. The number of allylic oxidation sites excluding steroid dienone is 2. The average Bonchev–Trinajstić information content (AvgIpc) is 1.78. The molecule has 1 aliphatic carbocycles. The molecule has 1 radical (unpaired) electrons. The monoisotopic (exact) mass is 125 g/mol. The van der Waals surface area contributed by atoms with Crippen molar-refractivity contribution in [2.45, 2.75) is 33.1 Å². The lowest BCUT2D eigenvalue weighted by Gasteiger charge is -2.25. The van der Waals surface area contributed by atoms with Crippen molar-refractivity contribution >= 4 is 0 Å². The Balaban J connectivity index is 2.56. The molecular weight excluding hydrogens is 112 g/mol. The largest absolute Gasteiger partial charge is 0.295 e. The summed E-state index contributed by atoms with van der Waals surface area (Å²) < 4.78 is 0. The minimum atomic E-state index is 0.328. The molecule has 0 heterocycles. The molecule has 0 bridgehead atoms. The highest BCUT2D eigenvalue weighted by Crippen LogP contribution is 2.33. The summed E-state index contributed by atoms with van der Waals surface area (Å²) in [7, 11) is 0. The van der Waals surface area contributed by atoms with Gasteiger partial charge in [0, 0.05) is 6.42 Å². The molecule has 0 N–H and O–H groups in total. The molecule has 0 amide bonds. The second-order valence-corrected chi connectivity index (χ2v) is 3.54. The first-order valence-electron chi connectivity index (χ1n) is 3.46. The Kier molecular flexibility index (Phi) is 1.52. The minimum Gasteiger partial charge on any atom is -0.295 e. The van der Waals surface area contributed by atoms with Gasteiger partial charge in [-0.3, -0.25) is 5.11 Å². The molecule has 1 nitrogen and oxygen atoms in total. The van der Waals surface area contributed by atoms with Gasteiger partial charge in [0.2, 0.25) is 0 Å². The molecule has 1 aliphatic rings. The highest BCUT2D eigenvalue weighted by Gasteiger charge is 2.21. The van der Waals surface area contributed by atoms with E-state index >= 15 is 0 Å². The molecule has 0 aliphatic heterocycles. The molecule has 9 heavy (non-hydrogen) atoms. The molecular formula is C8H13O. The van der Waals surface area contributed by atoms with Crippen LogP contribution < -0.4 is 0 Å². The van der Waals surface area contributed by atoms with Crippen molar-refractivity contribution in [2.75, 3.05) is 0 Å². The zero-order valence-electron chi connectivity index (χ0n) is 6.11. The van der Waals surface area contributed by atoms with E-state index in [9.17, 15) is 5.11 Å². The van der Waals surface area contributed by atoms with Crippen LogP contribution in [0.15, 0.2) is 11.8 Å². The SMILES string of the molecule is CC1(C)CC=C([O])CC1. The zero-order valence-corrected chi connectivity index (χ0v) is 6.11. The lowest BCUT2D eigenvalue weighted by molar-refractivity contribution is 0.223. The molecule has 51 valence electrons. The summed E-state index contributed by atoms with van der Waals surface area (Å²) in [6, 6.07) is 0. The topological polar surface area (TPSA) is 19.9 Å². The van der Waals surface area contributed by atoms with Gasteiger partial charge in [-0.2, -0.15) is 0 Å². The van der Waals surface area contributed by atoms with Crippen molar-refractivity contribution in [2.24, 2.45) is 5.41 Å². The van der Waals surface area contributed by atoms with Gasteiger partial charge in [-0.15, -0.1) is 0 Å². The predicted octanol–water partition coefficient (Wildman–Crippen LogP) is 2.51. The normalized spacial score (nSPS) is 25.3. The number of hydrogen-bond donors (Lipinski definition) is 0. The van der Waals surface area contributed by atoms with Gasteiger partial charge in [0.1, 0.15) is 0 Å². The third-order valence-corrected chi connectivity index (χ3v) is 1.93. The lowest BCUT2D eigenvalue weighted by Crippen LogP contribution is -2.13. The van der Waals surface area contributed by atoms with Crippen LogP contribution in [0.1, 0.15) is 33.1 Å². The summed E-state index contributed by atoms with van der Waals surface area (Å²) in [5.41, 5.74) is 0.383. The predicted molar refractivity (Wildman–Crippen MR) is 36.4 cm³/mol. The van der Waals surface area contributed by atoms with E-state index < -0.39 is 0 Å². The van der Waals surface area contributed by atoms with E-state index in [0.717, 1.165) is 19.3 Å². The first-order valence-corrected chi connectivity index (χ1v) is 3.46. The van der Waals surface area contributed by atoms with Gasteiger partial charge < -0.3 is 0 Å². The Morgan fingerprint density at radius 3 is 2.56 bits per heavy atom. The second kappa shape index (κ2) is 2.05. The van der Waals surface area contributed by atoms with Gasteiger partial charge in [0.25, 0.3) is 0 Å². The molecule has 0 spiro atoms. The standard InChI is InChI=1S/C8H13O/c1-8(2)5-3-7(9)4-6-8/h3H,4-6H2,1-2H3. The van der Waals surface area contributed by atoms with Crippen molar-refractivity contribution in [1.82, 2.24) is 0 Å². The van der Waals surface area contributed by atoms with Crippen LogP contribution in [0.25, 0.3) is 0 Å². The smallest absolute Gasteiger partial charge is 0.151 e. The average molecular weight is 125 g/mol. The maximum atomic E-state index is 10.7. The number of rotatable bonds is 0. The van der Waals surface area contributed by atoms with Gasteiger partial charge in [0.05, 0.1) is 0 Å². The highest BCUT2D eigenvalue weighted by molar-refractivity contribution is 4.99. The van der Waals surface area contributed by atoms with E-state index in [0.29, 0.717) is 11.2 Å². The Morgan fingerprint density at radius 1 is 1.56 bits per heavy atom. The molecule has 0 aromatic rings. The molecule has 1 rings (SSSR count). The summed E-state index contributed by atoms with van der Waals surface area (Å²) in [6.07, 6.45) is 4.60. The zero-order chi connectivity index (χ0) is 6.91. The minimum absolute atomic E-state index is 0.328. The van der Waals surface area contributed by atoms with Crippen molar-refractivity contribution in [3.63, 3.8) is 0 Å². The van der Waals surface area contributed by atoms with Crippen LogP contribution >= 0.6 is 0 Å². The summed E-state index contributed by atoms with van der Waals surface area (Å²) in [4.78, 5) is 0.